The molecule has 2 aromatic rings. The van der Waals surface area contributed by atoms with Gasteiger partial charge in [-0.3, -0.25) is 9.10 Å². The number of aromatic nitrogens is 1. The average Bonchev–Trinajstić information content (AvgIpc) is 2.93. The maximum absolute atomic E-state index is 11.9. The molecule has 0 aliphatic heterocycles. The Labute approximate surface area is 141 Å². The molecular formula is C16H21N3O4S. The molecule has 130 valence electrons. The lowest BCUT2D eigenvalue weighted by atomic mass is 10.1. The van der Waals surface area contributed by atoms with Crippen LogP contribution in [0.5, 0.6) is 0 Å². The Kier molecular flexibility index (Phi) is 5.97. The van der Waals surface area contributed by atoms with Crippen LogP contribution in [0.3, 0.4) is 0 Å². The van der Waals surface area contributed by atoms with E-state index in [1.54, 1.807) is 6.92 Å². The van der Waals surface area contributed by atoms with E-state index in [0.717, 1.165) is 22.5 Å². The van der Waals surface area contributed by atoms with E-state index in [-0.39, 0.29) is 24.7 Å². The van der Waals surface area contributed by atoms with Crippen molar-refractivity contribution in [3.8, 4) is 0 Å². The maximum atomic E-state index is 11.9. The largest absolute Gasteiger partial charge is 0.360 e. The van der Waals surface area contributed by atoms with Crippen LogP contribution in [0.25, 0.3) is 0 Å². The third-order valence-corrected chi connectivity index (χ3v) is 4.56. The molecule has 0 bridgehead atoms. The highest BCUT2D eigenvalue weighted by Crippen LogP contribution is 2.17. The minimum Gasteiger partial charge on any atom is -0.360 e. The Morgan fingerprint density at radius 2 is 2.00 bits per heavy atom. The van der Waals surface area contributed by atoms with Crippen molar-refractivity contribution in [1.82, 2.24) is 10.5 Å². The van der Waals surface area contributed by atoms with Crippen LogP contribution < -0.4 is 9.62 Å². The highest BCUT2D eigenvalue weighted by atomic mass is 32.2. The molecule has 1 aromatic heterocycles. The molecule has 24 heavy (non-hydrogen) atoms. The summed E-state index contributed by atoms with van der Waals surface area (Å²) < 4.78 is 29.7. The minimum absolute atomic E-state index is 0.0159. The van der Waals surface area contributed by atoms with E-state index in [0.29, 0.717) is 12.3 Å². The zero-order valence-electron chi connectivity index (χ0n) is 13.7. The van der Waals surface area contributed by atoms with Crippen LogP contribution in [0.15, 0.2) is 40.9 Å². The zero-order valence-corrected chi connectivity index (χ0v) is 14.5. The number of nitrogens with zero attached hydrogens (tertiary/aromatic N) is 2. The van der Waals surface area contributed by atoms with E-state index >= 15 is 0 Å². The van der Waals surface area contributed by atoms with Crippen LogP contribution in [-0.2, 0) is 21.2 Å². The number of anilines is 1. The summed E-state index contributed by atoms with van der Waals surface area (Å²) in [5, 5.41) is 6.49. The molecule has 1 heterocycles. The highest BCUT2D eigenvalue weighted by Gasteiger charge is 2.21. The summed E-state index contributed by atoms with van der Waals surface area (Å²) in [7, 11) is -3.53. The fraction of sp³-hybridized carbons (Fsp3) is 0.375. The Hall–Kier alpha value is -2.35. The fourth-order valence-corrected chi connectivity index (χ4v) is 3.05. The maximum Gasteiger partial charge on any atom is 0.233 e. The van der Waals surface area contributed by atoms with Gasteiger partial charge in [0, 0.05) is 25.6 Å². The average molecular weight is 351 g/mol. The Morgan fingerprint density at radius 3 is 2.58 bits per heavy atom. The lowest BCUT2D eigenvalue weighted by molar-refractivity contribution is -0.120. The molecule has 0 aliphatic rings. The molecule has 0 saturated carbocycles. The number of carbonyl (C=O) groups is 1. The van der Waals surface area contributed by atoms with Gasteiger partial charge in [0.05, 0.1) is 6.26 Å². The summed E-state index contributed by atoms with van der Waals surface area (Å²) in [4.78, 5) is 11.9. The van der Waals surface area contributed by atoms with E-state index in [4.69, 9.17) is 4.52 Å². The first-order valence-corrected chi connectivity index (χ1v) is 9.43. The van der Waals surface area contributed by atoms with E-state index in [9.17, 15) is 13.2 Å². The number of hydrogen-bond donors (Lipinski definition) is 1. The molecule has 7 nitrogen and oxygen atoms in total. The molecule has 0 radical (unpaired) electrons. The van der Waals surface area contributed by atoms with Crippen LogP contribution in [0.2, 0.25) is 0 Å². The topological polar surface area (TPSA) is 92.5 Å². The number of amides is 1. The molecule has 0 unspecified atom stereocenters. The van der Waals surface area contributed by atoms with Gasteiger partial charge >= 0.3 is 0 Å². The second-order valence-corrected chi connectivity index (χ2v) is 7.37. The van der Waals surface area contributed by atoms with Gasteiger partial charge in [0.1, 0.15) is 5.76 Å². The molecule has 8 heteroatoms. The third-order valence-electron chi connectivity index (χ3n) is 3.39. The Balaban J connectivity index is 1.84. The fourth-order valence-electron chi connectivity index (χ4n) is 2.20. The van der Waals surface area contributed by atoms with Crippen molar-refractivity contribution < 1.29 is 17.7 Å². The van der Waals surface area contributed by atoms with Gasteiger partial charge in [-0.05, 0) is 18.9 Å². The SMILES string of the molecule is Cc1cc(N(CCC(=O)NCCc2ccccc2)S(C)(=O)=O)no1. The van der Waals surface area contributed by atoms with Crippen LogP contribution in [0.4, 0.5) is 5.82 Å². The summed E-state index contributed by atoms with van der Waals surface area (Å²) in [5.41, 5.74) is 1.13. The van der Waals surface area contributed by atoms with Gasteiger partial charge in [-0.15, -0.1) is 0 Å². The van der Waals surface area contributed by atoms with Gasteiger partial charge in [-0.1, -0.05) is 35.5 Å². The molecule has 2 rings (SSSR count). The normalized spacial score (nSPS) is 11.2. The first-order chi connectivity index (χ1) is 11.4. The van der Waals surface area contributed by atoms with Gasteiger partial charge in [0.25, 0.3) is 0 Å². The zero-order chi connectivity index (χ0) is 17.6. The summed E-state index contributed by atoms with van der Waals surface area (Å²) in [6, 6.07) is 11.3. The van der Waals surface area contributed by atoms with Crippen molar-refractivity contribution in [3.63, 3.8) is 0 Å². The predicted molar refractivity (Wildman–Crippen MR) is 91.2 cm³/mol. The van der Waals surface area contributed by atoms with E-state index in [1.165, 1.54) is 6.07 Å². The summed E-state index contributed by atoms with van der Waals surface area (Å²) in [5.74, 6) is 0.484. The predicted octanol–water partition coefficient (Wildman–Crippen LogP) is 1.50. The quantitative estimate of drug-likeness (QED) is 0.778. The Morgan fingerprint density at radius 1 is 1.29 bits per heavy atom. The van der Waals surface area contributed by atoms with Crippen molar-refractivity contribution in [2.24, 2.45) is 0 Å². The molecule has 0 atom stereocenters. The summed E-state index contributed by atoms with van der Waals surface area (Å²) in [6.07, 6.45) is 1.85. The second-order valence-electron chi connectivity index (χ2n) is 5.47. The van der Waals surface area contributed by atoms with E-state index in [2.05, 4.69) is 10.5 Å². The Bertz CT molecular complexity index is 772. The van der Waals surface area contributed by atoms with Crippen LogP contribution in [0, 0.1) is 6.92 Å². The molecule has 1 N–H and O–H groups in total. The van der Waals surface area contributed by atoms with Crippen LogP contribution in [-0.4, -0.2) is 38.8 Å². The molecule has 0 aliphatic carbocycles. The van der Waals surface area contributed by atoms with Crippen molar-refractivity contribution in [3.05, 3.63) is 47.7 Å². The van der Waals surface area contributed by atoms with Crippen molar-refractivity contribution in [1.29, 1.82) is 0 Å². The molecule has 1 aromatic carbocycles. The smallest absolute Gasteiger partial charge is 0.233 e. The second kappa shape index (κ2) is 7.96. The van der Waals surface area contributed by atoms with Gasteiger partial charge in [0.2, 0.25) is 15.9 Å². The first-order valence-electron chi connectivity index (χ1n) is 7.58. The monoisotopic (exact) mass is 351 g/mol. The van der Waals surface area contributed by atoms with Crippen molar-refractivity contribution >= 4 is 21.7 Å². The molecule has 0 fully saturated rings. The van der Waals surface area contributed by atoms with E-state index in [1.807, 2.05) is 30.3 Å². The number of sulfonamides is 1. The number of nitrogens with one attached hydrogen (secondary N) is 1. The van der Waals surface area contributed by atoms with Crippen LogP contribution in [0.1, 0.15) is 17.7 Å². The van der Waals surface area contributed by atoms with Gasteiger partial charge < -0.3 is 9.84 Å². The number of carbonyl (C=O) groups excluding carboxylic acids is 1. The van der Waals surface area contributed by atoms with Crippen molar-refractivity contribution in [2.45, 2.75) is 19.8 Å². The standard InChI is InChI=1S/C16H21N3O4S/c1-13-12-15(18-23-13)19(24(2,21)22)11-9-16(20)17-10-8-14-6-4-3-5-7-14/h3-7,12H,8-11H2,1-2H3,(H,17,20). The number of aryl methyl sites for hydroxylation is 1. The first kappa shape index (κ1) is 18.0. The number of benzene rings is 1. The lowest BCUT2D eigenvalue weighted by Gasteiger charge is -2.18. The molecule has 1 amide bonds. The molecule has 0 spiro atoms. The van der Waals surface area contributed by atoms with Gasteiger partial charge in [0.15, 0.2) is 5.82 Å². The molecule has 0 saturated heterocycles. The summed E-state index contributed by atoms with van der Waals surface area (Å²) >= 11 is 0. The van der Waals surface area contributed by atoms with E-state index < -0.39 is 10.0 Å². The summed E-state index contributed by atoms with van der Waals surface area (Å²) in [6.45, 7) is 2.19. The third kappa shape index (κ3) is 5.38. The molecular weight excluding hydrogens is 330 g/mol. The lowest BCUT2D eigenvalue weighted by Crippen LogP contribution is -2.35. The number of rotatable bonds is 8. The minimum atomic E-state index is -3.53. The highest BCUT2D eigenvalue weighted by molar-refractivity contribution is 7.92. The van der Waals surface area contributed by atoms with Crippen molar-refractivity contribution in [2.75, 3.05) is 23.7 Å². The van der Waals surface area contributed by atoms with Gasteiger partial charge in [-0.2, -0.15) is 0 Å². The van der Waals surface area contributed by atoms with Gasteiger partial charge in [-0.25, -0.2) is 8.42 Å². The number of hydrogen-bond acceptors (Lipinski definition) is 5. The van der Waals surface area contributed by atoms with Crippen LogP contribution >= 0.6 is 0 Å².